The largest absolute Gasteiger partial charge is 0.338 e. The lowest BCUT2D eigenvalue weighted by Crippen LogP contribution is -2.55. The second kappa shape index (κ2) is 18.6. The van der Waals surface area contributed by atoms with Crippen LogP contribution in [0.2, 0.25) is 0 Å². The maximum Gasteiger partial charge on any atom is 0.239 e. The van der Waals surface area contributed by atoms with Crippen LogP contribution in [0.25, 0.3) is 0 Å². The Morgan fingerprint density at radius 2 is 0.889 bits per heavy atom. The standard InChI is InChI=1S/2C14H17F3N2O.C14H14/c2*1-3-19-7(2)8(6-11(18)14(19)20)12-9(15)4-5-10(16)13(12)17;1-12(13-8-4-2-5-9-13)14-10-6-3-7-11-14/h2*4-5,7-8,11H,3,6,18H2,1-2H3;2-12H,1H3/t7-,8-,11?;7-,8-,11+;/m11./s1. The molecule has 4 aromatic carbocycles. The molecular weight excluding hydrogens is 706 g/mol. The molecule has 2 aliphatic rings. The van der Waals surface area contributed by atoms with Crippen LogP contribution in [0.4, 0.5) is 26.3 Å². The van der Waals surface area contributed by atoms with Crippen molar-refractivity contribution in [1.82, 2.24) is 9.80 Å². The monoisotopic (exact) mass is 754 g/mol. The summed E-state index contributed by atoms with van der Waals surface area (Å²) >= 11 is 0. The number of halogens is 6. The van der Waals surface area contributed by atoms with E-state index in [-0.39, 0.29) is 35.8 Å². The third kappa shape index (κ3) is 9.15. The zero-order valence-electron chi connectivity index (χ0n) is 31.1. The fourth-order valence-corrected chi connectivity index (χ4v) is 7.45. The van der Waals surface area contributed by atoms with Crippen molar-refractivity contribution in [3.63, 3.8) is 0 Å². The van der Waals surface area contributed by atoms with Crippen molar-refractivity contribution in [1.29, 1.82) is 0 Å². The first-order chi connectivity index (χ1) is 25.6. The Hall–Kier alpha value is -4.68. The third-order valence-corrected chi connectivity index (χ3v) is 10.5. The van der Waals surface area contributed by atoms with Gasteiger partial charge in [0.15, 0.2) is 23.3 Å². The highest BCUT2D eigenvalue weighted by atomic mass is 19.2. The number of nitrogens with zero attached hydrogens (tertiary/aromatic N) is 2. The van der Waals surface area contributed by atoms with E-state index in [0.29, 0.717) is 19.0 Å². The van der Waals surface area contributed by atoms with Gasteiger partial charge in [-0.1, -0.05) is 67.6 Å². The first kappa shape index (κ1) is 42.1. The molecule has 0 spiro atoms. The Bertz CT molecular complexity index is 1750. The van der Waals surface area contributed by atoms with E-state index < -0.39 is 70.9 Å². The molecule has 12 heteroatoms. The summed E-state index contributed by atoms with van der Waals surface area (Å²) in [6, 6.07) is 22.0. The number of rotatable bonds is 6. The molecule has 6 atom stereocenters. The molecule has 0 aliphatic carbocycles. The maximum absolute atomic E-state index is 13.9. The molecule has 4 aromatic rings. The number of amides is 2. The lowest BCUT2D eigenvalue weighted by molar-refractivity contribution is -0.139. The number of hydrogen-bond acceptors (Lipinski definition) is 4. The van der Waals surface area contributed by atoms with Gasteiger partial charge in [0.2, 0.25) is 11.8 Å². The van der Waals surface area contributed by atoms with Crippen LogP contribution >= 0.6 is 0 Å². The van der Waals surface area contributed by atoms with Gasteiger partial charge >= 0.3 is 0 Å². The Labute approximate surface area is 313 Å². The van der Waals surface area contributed by atoms with E-state index >= 15 is 0 Å². The fraction of sp³-hybridized carbons (Fsp3) is 0.381. The van der Waals surface area contributed by atoms with Gasteiger partial charge in [-0.3, -0.25) is 9.59 Å². The number of hydrogen-bond donors (Lipinski definition) is 2. The van der Waals surface area contributed by atoms with Crippen LogP contribution in [0, 0.1) is 34.9 Å². The summed E-state index contributed by atoms with van der Waals surface area (Å²) in [5, 5.41) is 0. The molecule has 54 heavy (non-hydrogen) atoms. The fourth-order valence-electron chi connectivity index (χ4n) is 7.45. The topological polar surface area (TPSA) is 92.7 Å². The van der Waals surface area contributed by atoms with E-state index in [1.807, 2.05) is 0 Å². The van der Waals surface area contributed by atoms with E-state index in [4.69, 9.17) is 11.5 Å². The number of carbonyl (C=O) groups is 2. The van der Waals surface area contributed by atoms with Crippen molar-refractivity contribution < 1.29 is 35.9 Å². The molecule has 2 amide bonds. The highest BCUT2D eigenvalue weighted by Gasteiger charge is 2.41. The maximum atomic E-state index is 13.9. The molecule has 1 unspecified atom stereocenters. The number of likely N-dealkylation sites (tertiary alicyclic amines) is 2. The summed E-state index contributed by atoms with van der Waals surface area (Å²) in [4.78, 5) is 26.8. The first-order valence-corrected chi connectivity index (χ1v) is 18.1. The second-order valence-electron chi connectivity index (χ2n) is 13.7. The highest BCUT2D eigenvalue weighted by Crippen LogP contribution is 2.37. The lowest BCUT2D eigenvalue weighted by Gasteiger charge is -2.41. The molecule has 2 heterocycles. The van der Waals surface area contributed by atoms with Crippen LogP contribution in [0.1, 0.15) is 87.5 Å². The van der Waals surface area contributed by atoms with Gasteiger partial charge in [0.1, 0.15) is 11.6 Å². The molecule has 4 N–H and O–H groups in total. The number of benzene rings is 4. The van der Waals surface area contributed by atoms with E-state index in [1.54, 1.807) is 27.7 Å². The van der Waals surface area contributed by atoms with Crippen molar-refractivity contribution in [2.75, 3.05) is 13.1 Å². The first-order valence-electron chi connectivity index (χ1n) is 18.1. The van der Waals surface area contributed by atoms with Crippen LogP contribution in [0.5, 0.6) is 0 Å². The number of likely N-dealkylation sites (N-methyl/N-ethyl adjacent to an activating group) is 2. The van der Waals surface area contributed by atoms with Gasteiger partial charge in [-0.2, -0.15) is 0 Å². The van der Waals surface area contributed by atoms with Gasteiger partial charge in [-0.25, -0.2) is 26.3 Å². The van der Waals surface area contributed by atoms with Crippen molar-refractivity contribution in [3.05, 3.63) is 142 Å². The number of nitrogens with two attached hydrogens (primary N) is 2. The summed E-state index contributed by atoms with van der Waals surface area (Å²) in [5.41, 5.74) is 13.6. The van der Waals surface area contributed by atoms with Gasteiger partial charge in [0.05, 0.1) is 12.1 Å². The lowest BCUT2D eigenvalue weighted by atomic mass is 9.81. The van der Waals surface area contributed by atoms with Crippen molar-refractivity contribution in [3.8, 4) is 0 Å². The van der Waals surface area contributed by atoms with Gasteiger partial charge < -0.3 is 21.3 Å². The minimum Gasteiger partial charge on any atom is -0.338 e. The Balaban J connectivity index is 0.000000184. The molecule has 0 aromatic heterocycles. The third-order valence-electron chi connectivity index (χ3n) is 10.5. The van der Waals surface area contributed by atoms with E-state index in [9.17, 15) is 35.9 Å². The van der Waals surface area contributed by atoms with Gasteiger partial charge in [-0.05, 0) is 75.9 Å². The van der Waals surface area contributed by atoms with E-state index in [0.717, 1.165) is 24.3 Å². The predicted molar refractivity (Wildman–Crippen MR) is 197 cm³/mol. The van der Waals surface area contributed by atoms with Gasteiger partial charge in [-0.15, -0.1) is 0 Å². The van der Waals surface area contributed by atoms with Crippen LogP contribution in [0.15, 0.2) is 84.9 Å². The molecule has 2 aliphatic heterocycles. The Morgan fingerprint density at radius 1 is 0.574 bits per heavy atom. The minimum absolute atomic E-state index is 0.105. The molecule has 290 valence electrons. The Kier molecular flexibility index (Phi) is 14.5. The van der Waals surface area contributed by atoms with Crippen LogP contribution < -0.4 is 11.5 Å². The molecule has 0 radical (unpaired) electrons. The molecule has 6 nitrogen and oxygen atoms in total. The van der Waals surface area contributed by atoms with Gasteiger partial charge in [0.25, 0.3) is 0 Å². The summed E-state index contributed by atoms with van der Waals surface area (Å²) in [5.74, 6) is -7.50. The Morgan fingerprint density at radius 3 is 1.20 bits per heavy atom. The number of piperidine rings is 2. The van der Waals surface area contributed by atoms with Crippen molar-refractivity contribution in [2.24, 2.45) is 11.5 Å². The van der Waals surface area contributed by atoms with Gasteiger partial charge in [0, 0.05) is 54.1 Å². The van der Waals surface area contributed by atoms with E-state index in [1.165, 1.54) is 20.9 Å². The van der Waals surface area contributed by atoms with Crippen LogP contribution in [-0.4, -0.2) is 58.9 Å². The SMILES string of the molecule is CC(c1ccccc1)c1ccccc1.CCN1C(=O)C(N)C[C@@H](c2c(F)ccc(F)c2F)[C@H]1C.CCN1C(=O)[C@@H](N)C[C@@H](c2c(F)ccc(F)c2F)[C@H]1C. The molecular formula is C42H48F6N4O2. The van der Waals surface area contributed by atoms with Crippen molar-refractivity contribution >= 4 is 11.8 Å². The zero-order valence-corrected chi connectivity index (χ0v) is 31.1. The second-order valence-corrected chi connectivity index (χ2v) is 13.7. The van der Waals surface area contributed by atoms with Crippen LogP contribution in [0.3, 0.4) is 0 Å². The summed E-state index contributed by atoms with van der Waals surface area (Å²) in [6.07, 6.45) is 0.210. The molecule has 0 saturated carbocycles. The molecule has 6 rings (SSSR count). The summed E-state index contributed by atoms with van der Waals surface area (Å²) in [7, 11) is 0. The zero-order chi connectivity index (χ0) is 39.9. The average Bonchev–Trinajstić information content (AvgIpc) is 3.17. The van der Waals surface area contributed by atoms with E-state index in [2.05, 4.69) is 67.6 Å². The highest BCUT2D eigenvalue weighted by molar-refractivity contribution is 5.83. The van der Waals surface area contributed by atoms with Crippen LogP contribution in [-0.2, 0) is 9.59 Å². The minimum atomic E-state index is -1.19. The predicted octanol–water partition coefficient (Wildman–Crippen LogP) is 8.15. The number of carbonyl (C=O) groups excluding carboxylic acids is 2. The quantitative estimate of drug-likeness (QED) is 0.154. The molecule has 2 fully saturated rings. The summed E-state index contributed by atoms with van der Waals surface area (Å²) in [6.45, 7) is 9.95. The average molecular weight is 755 g/mol. The molecule has 0 bridgehead atoms. The summed E-state index contributed by atoms with van der Waals surface area (Å²) < 4.78 is 82.3. The normalized spacial score (nSPS) is 22.7. The van der Waals surface area contributed by atoms with Crippen molar-refractivity contribution in [2.45, 2.75) is 89.4 Å². The molecule has 2 saturated heterocycles. The smallest absolute Gasteiger partial charge is 0.239 e.